The zero-order valence-electron chi connectivity index (χ0n) is 20.6. The largest absolute Gasteiger partial charge is 0.392 e. The molecular formula is C33H34ClNO. The minimum Gasteiger partial charge on any atom is -0.392 e. The number of rotatable bonds is 8. The molecule has 1 aliphatic heterocycles. The zero-order chi connectivity index (χ0) is 24.8. The molecule has 5 rings (SSSR count). The Morgan fingerprint density at radius 1 is 0.694 bits per heavy atom. The predicted octanol–water partition coefficient (Wildman–Crippen LogP) is 7.14. The van der Waals surface area contributed by atoms with E-state index >= 15 is 0 Å². The van der Waals surface area contributed by atoms with E-state index in [2.05, 4.69) is 108 Å². The molecule has 1 atom stereocenters. The highest BCUT2D eigenvalue weighted by Crippen LogP contribution is 2.46. The van der Waals surface area contributed by atoms with Gasteiger partial charge in [0.1, 0.15) is 0 Å². The van der Waals surface area contributed by atoms with Gasteiger partial charge in [-0.15, -0.1) is 0 Å². The fourth-order valence-electron chi connectivity index (χ4n) is 6.20. The van der Waals surface area contributed by atoms with Gasteiger partial charge in [-0.05, 0) is 73.2 Å². The van der Waals surface area contributed by atoms with Crippen molar-refractivity contribution in [3.8, 4) is 0 Å². The first-order valence-electron chi connectivity index (χ1n) is 13.0. The summed E-state index contributed by atoms with van der Waals surface area (Å²) in [6.45, 7) is 1.81. The van der Waals surface area contributed by atoms with Crippen LogP contribution in [0.5, 0.6) is 0 Å². The van der Waals surface area contributed by atoms with E-state index in [1.165, 1.54) is 22.3 Å². The summed E-state index contributed by atoms with van der Waals surface area (Å²) in [6.07, 6.45) is 2.82. The molecular weight excluding hydrogens is 462 g/mol. The molecule has 36 heavy (non-hydrogen) atoms. The maximum atomic E-state index is 12.0. The van der Waals surface area contributed by atoms with Gasteiger partial charge in [0.25, 0.3) is 0 Å². The van der Waals surface area contributed by atoms with Gasteiger partial charge in [0.15, 0.2) is 0 Å². The van der Waals surface area contributed by atoms with Gasteiger partial charge in [-0.1, -0.05) is 115 Å². The van der Waals surface area contributed by atoms with Gasteiger partial charge in [0.2, 0.25) is 0 Å². The molecule has 0 aliphatic carbocycles. The van der Waals surface area contributed by atoms with Crippen LogP contribution in [0.4, 0.5) is 0 Å². The van der Waals surface area contributed by atoms with E-state index in [4.69, 9.17) is 11.6 Å². The third-order valence-electron chi connectivity index (χ3n) is 8.15. The first-order chi connectivity index (χ1) is 17.6. The van der Waals surface area contributed by atoms with Crippen molar-refractivity contribution in [1.29, 1.82) is 0 Å². The van der Waals surface area contributed by atoms with E-state index in [9.17, 15) is 5.11 Å². The summed E-state index contributed by atoms with van der Waals surface area (Å²) >= 11 is 6.23. The van der Waals surface area contributed by atoms with Crippen molar-refractivity contribution < 1.29 is 5.11 Å². The minimum absolute atomic E-state index is 0.286. The lowest BCUT2D eigenvalue weighted by atomic mass is 9.63. The molecule has 184 valence electrons. The Morgan fingerprint density at radius 2 is 1.14 bits per heavy atom. The molecule has 1 unspecified atom stereocenters. The Kier molecular flexibility index (Phi) is 7.57. The van der Waals surface area contributed by atoms with Gasteiger partial charge in [-0.3, -0.25) is 0 Å². The lowest BCUT2D eigenvalue weighted by Gasteiger charge is -2.44. The first kappa shape index (κ1) is 24.8. The van der Waals surface area contributed by atoms with Crippen LogP contribution in [0, 0.1) is 0 Å². The molecule has 4 aromatic rings. The molecule has 1 aliphatic rings. The molecule has 1 heterocycles. The molecule has 4 aromatic carbocycles. The Bertz CT molecular complexity index is 1120. The lowest BCUT2D eigenvalue weighted by molar-refractivity contribution is 0.0467. The smallest absolute Gasteiger partial charge is 0.0638 e. The van der Waals surface area contributed by atoms with Crippen molar-refractivity contribution in [3.05, 3.63) is 143 Å². The topological polar surface area (TPSA) is 32.3 Å². The van der Waals surface area contributed by atoms with E-state index in [-0.39, 0.29) is 10.8 Å². The SMILES string of the molecule is OC(CCC(c1ccccc1)(c1ccccc1)c1ccccc1)C1(c2ccc(Cl)cc2)CCNCC1. The highest BCUT2D eigenvalue weighted by molar-refractivity contribution is 6.30. The summed E-state index contributed by atoms with van der Waals surface area (Å²) in [5.41, 5.74) is 4.29. The van der Waals surface area contributed by atoms with Crippen LogP contribution >= 0.6 is 11.6 Å². The van der Waals surface area contributed by atoms with Crippen molar-refractivity contribution in [1.82, 2.24) is 5.32 Å². The number of halogens is 1. The van der Waals surface area contributed by atoms with Crippen LogP contribution in [-0.4, -0.2) is 24.3 Å². The highest BCUT2D eigenvalue weighted by atomic mass is 35.5. The third kappa shape index (κ3) is 4.74. The second-order valence-electron chi connectivity index (χ2n) is 9.97. The van der Waals surface area contributed by atoms with Gasteiger partial charge < -0.3 is 10.4 Å². The number of piperidine rings is 1. The van der Waals surface area contributed by atoms with E-state index in [0.717, 1.165) is 37.4 Å². The lowest BCUT2D eigenvalue weighted by Crippen LogP contribution is -2.48. The summed E-state index contributed by atoms with van der Waals surface area (Å²) in [5, 5.41) is 16.2. The molecule has 2 N–H and O–H groups in total. The number of benzene rings is 4. The van der Waals surface area contributed by atoms with Gasteiger partial charge >= 0.3 is 0 Å². The number of hydrogen-bond acceptors (Lipinski definition) is 2. The summed E-state index contributed by atoms with van der Waals surface area (Å²) in [5.74, 6) is 0. The quantitative estimate of drug-likeness (QED) is 0.255. The number of hydrogen-bond donors (Lipinski definition) is 2. The second kappa shape index (κ2) is 11.0. The standard InChI is InChI=1S/C33H34ClNO/c34-30-18-16-26(17-19-30)32(22-24-35-25-23-32)31(36)20-21-33(27-10-4-1-5-11-27,28-12-6-2-7-13-28)29-14-8-3-9-15-29/h1-19,31,35-36H,20-25H2. The molecule has 1 saturated heterocycles. The van der Waals surface area contributed by atoms with Crippen LogP contribution in [0.3, 0.4) is 0 Å². The van der Waals surface area contributed by atoms with Crippen LogP contribution in [0.15, 0.2) is 115 Å². The minimum atomic E-state index is -0.476. The molecule has 0 saturated carbocycles. The predicted molar refractivity (Wildman–Crippen MR) is 150 cm³/mol. The highest BCUT2D eigenvalue weighted by Gasteiger charge is 2.43. The maximum absolute atomic E-state index is 12.0. The molecule has 3 heteroatoms. The van der Waals surface area contributed by atoms with E-state index in [1.54, 1.807) is 0 Å². The van der Waals surface area contributed by atoms with E-state index in [1.807, 2.05) is 12.1 Å². The average molecular weight is 496 g/mol. The van der Waals surface area contributed by atoms with Gasteiger partial charge in [-0.2, -0.15) is 0 Å². The Hall–Kier alpha value is -2.91. The molecule has 0 amide bonds. The number of aliphatic hydroxyl groups excluding tert-OH is 1. The van der Waals surface area contributed by atoms with Gasteiger partial charge in [0, 0.05) is 15.9 Å². The van der Waals surface area contributed by atoms with Crippen LogP contribution in [-0.2, 0) is 10.8 Å². The summed E-state index contributed by atoms with van der Waals surface area (Å²) in [7, 11) is 0. The van der Waals surface area contributed by atoms with E-state index in [0.29, 0.717) is 6.42 Å². The van der Waals surface area contributed by atoms with Crippen LogP contribution in [0.2, 0.25) is 5.02 Å². The first-order valence-corrected chi connectivity index (χ1v) is 13.3. The van der Waals surface area contributed by atoms with Crippen LogP contribution < -0.4 is 5.32 Å². The normalized spacial score (nSPS) is 16.4. The summed E-state index contributed by atoms with van der Waals surface area (Å²) in [4.78, 5) is 0. The molecule has 0 radical (unpaired) electrons. The molecule has 2 nitrogen and oxygen atoms in total. The number of aliphatic hydroxyl groups is 1. The Labute approximate surface area is 220 Å². The summed E-state index contributed by atoms with van der Waals surface area (Å²) in [6, 6.07) is 40.4. The van der Waals surface area contributed by atoms with Crippen molar-refractivity contribution in [2.24, 2.45) is 0 Å². The molecule has 0 bridgehead atoms. The fourth-order valence-corrected chi connectivity index (χ4v) is 6.33. The van der Waals surface area contributed by atoms with Gasteiger partial charge in [-0.25, -0.2) is 0 Å². The summed E-state index contributed by atoms with van der Waals surface area (Å²) < 4.78 is 0. The Morgan fingerprint density at radius 3 is 1.58 bits per heavy atom. The van der Waals surface area contributed by atoms with Crippen molar-refractivity contribution >= 4 is 11.6 Å². The monoisotopic (exact) mass is 495 g/mol. The third-order valence-corrected chi connectivity index (χ3v) is 8.40. The zero-order valence-corrected chi connectivity index (χ0v) is 21.4. The van der Waals surface area contributed by atoms with E-state index < -0.39 is 6.10 Å². The Balaban J connectivity index is 1.57. The molecule has 0 spiro atoms. The maximum Gasteiger partial charge on any atom is 0.0638 e. The fraction of sp³-hybridized carbons (Fsp3) is 0.273. The van der Waals surface area contributed by atoms with Crippen LogP contribution in [0.25, 0.3) is 0 Å². The average Bonchev–Trinajstić information content (AvgIpc) is 2.96. The second-order valence-corrected chi connectivity index (χ2v) is 10.4. The molecule has 0 aromatic heterocycles. The van der Waals surface area contributed by atoms with Gasteiger partial charge in [0.05, 0.1) is 6.10 Å². The van der Waals surface area contributed by atoms with Crippen LogP contribution in [0.1, 0.15) is 47.9 Å². The number of nitrogens with one attached hydrogen (secondary N) is 1. The molecule has 1 fully saturated rings. The van der Waals surface area contributed by atoms with Crippen molar-refractivity contribution in [3.63, 3.8) is 0 Å². The van der Waals surface area contributed by atoms with Crippen molar-refractivity contribution in [2.45, 2.75) is 42.6 Å². The van der Waals surface area contributed by atoms with Crippen molar-refractivity contribution in [2.75, 3.05) is 13.1 Å².